The van der Waals surface area contributed by atoms with E-state index in [2.05, 4.69) is 47.4 Å². The van der Waals surface area contributed by atoms with Gasteiger partial charge >= 0.3 is 7.12 Å². The molecule has 0 spiro atoms. The number of unbranched alkanes of at least 4 members (excludes halogenated alkanes) is 1. The first-order chi connectivity index (χ1) is 27.9. The Morgan fingerprint density at radius 2 is 1.39 bits per heavy atom. The second-order valence-corrected chi connectivity index (χ2v) is 17.6. The van der Waals surface area contributed by atoms with Gasteiger partial charge in [-0.2, -0.15) is 0 Å². The van der Waals surface area contributed by atoms with E-state index in [-0.39, 0.29) is 24.5 Å². The molecule has 17 heteroatoms. The fourth-order valence-corrected chi connectivity index (χ4v) is 8.85. The summed E-state index contributed by atoms with van der Waals surface area (Å²) in [5.74, 6) is -2.81. The lowest BCUT2D eigenvalue weighted by atomic mass is 9.43. The van der Waals surface area contributed by atoms with Crippen LogP contribution in [-0.4, -0.2) is 103 Å². The summed E-state index contributed by atoms with van der Waals surface area (Å²) in [6.45, 7) is 11.7. The van der Waals surface area contributed by atoms with Gasteiger partial charge < -0.3 is 52.5 Å². The Hall–Kier alpha value is -4.06. The quantitative estimate of drug-likeness (QED) is 0.0759. The zero-order chi connectivity index (χ0) is 43.2. The number of carbonyl (C=O) groups is 5. The predicted octanol–water partition coefficient (Wildman–Crippen LogP) is 2.21. The van der Waals surface area contributed by atoms with Gasteiger partial charge in [0, 0.05) is 10.6 Å². The monoisotopic (exact) mass is 837 g/mol. The molecule has 5 amide bonds. The van der Waals surface area contributed by atoms with E-state index in [1.54, 1.807) is 36.4 Å². The Kier molecular flexibility index (Phi) is 15.2. The Balaban J connectivity index is 1.15. The number of carbonyl (C=O) groups excluding carboxylic acids is 5. The number of aliphatic hydroxyl groups is 1. The van der Waals surface area contributed by atoms with Crippen molar-refractivity contribution in [2.75, 3.05) is 13.1 Å². The van der Waals surface area contributed by atoms with Crippen molar-refractivity contribution in [2.24, 2.45) is 28.7 Å². The van der Waals surface area contributed by atoms with Crippen LogP contribution < -0.4 is 38.1 Å². The molecule has 15 nitrogen and oxygen atoms in total. The highest BCUT2D eigenvalue weighted by atomic mass is 35.5. The van der Waals surface area contributed by atoms with Gasteiger partial charge in [0.2, 0.25) is 23.6 Å². The lowest BCUT2D eigenvalue weighted by molar-refractivity contribution is -0.199. The van der Waals surface area contributed by atoms with Gasteiger partial charge in [0.05, 0.1) is 23.8 Å². The second-order valence-electron chi connectivity index (χ2n) is 17.1. The van der Waals surface area contributed by atoms with Crippen molar-refractivity contribution in [3.8, 4) is 11.1 Å². The third-order valence-electron chi connectivity index (χ3n) is 12.5. The van der Waals surface area contributed by atoms with Crippen molar-refractivity contribution in [1.29, 1.82) is 0 Å². The summed E-state index contributed by atoms with van der Waals surface area (Å²) >= 11 is 6.00. The summed E-state index contributed by atoms with van der Waals surface area (Å²) in [7, 11) is -0.652. The van der Waals surface area contributed by atoms with Crippen molar-refractivity contribution in [3.05, 3.63) is 59.1 Å². The highest BCUT2D eigenvalue weighted by Gasteiger charge is 2.68. The molecule has 2 bridgehead atoms. The summed E-state index contributed by atoms with van der Waals surface area (Å²) in [6, 6.07) is 9.27. The van der Waals surface area contributed by atoms with E-state index >= 15 is 0 Å². The molecule has 1 aliphatic heterocycles. The number of aliphatic hydroxyl groups excluding tert-OH is 1. The number of nitrogens with two attached hydrogens (primary N) is 2. The molecule has 6 rings (SSSR count). The summed E-state index contributed by atoms with van der Waals surface area (Å²) in [5, 5.41) is 24.6. The summed E-state index contributed by atoms with van der Waals surface area (Å²) in [5.41, 5.74) is 13.3. The number of hydrogen-bond acceptors (Lipinski definition) is 10. The maximum Gasteiger partial charge on any atom is 0.481 e. The zero-order valence-corrected chi connectivity index (χ0v) is 35.6. The van der Waals surface area contributed by atoms with Crippen LogP contribution in [0, 0.1) is 17.3 Å². The minimum atomic E-state index is -1.49. The molecule has 59 heavy (non-hydrogen) atoms. The number of benzene rings is 2. The van der Waals surface area contributed by atoms with Crippen LogP contribution in [0.2, 0.25) is 5.02 Å². The Morgan fingerprint density at radius 1 is 0.780 bits per heavy atom. The minimum absolute atomic E-state index is 0.0370. The minimum Gasteiger partial charge on any atom is -0.404 e. The van der Waals surface area contributed by atoms with E-state index in [1.807, 2.05) is 19.1 Å². The molecule has 0 radical (unpaired) electrons. The van der Waals surface area contributed by atoms with E-state index in [9.17, 15) is 29.1 Å². The van der Waals surface area contributed by atoms with Gasteiger partial charge in [-0.25, -0.2) is 0 Å². The topological polar surface area (TPSA) is 236 Å². The first kappa shape index (κ1) is 46.0. The van der Waals surface area contributed by atoms with Crippen molar-refractivity contribution < 1.29 is 38.4 Å². The van der Waals surface area contributed by atoms with Gasteiger partial charge in [-0.05, 0) is 132 Å². The fourth-order valence-electron chi connectivity index (χ4n) is 8.73. The molecule has 322 valence electrons. The van der Waals surface area contributed by atoms with Gasteiger partial charge in [0.1, 0.15) is 24.2 Å². The van der Waals surface area contributed by atoms with Gasteiger partial charge in [-0.15, -0.1) is 0 Å². The van der Waals surface area contributed by atoms with Crippen LogP contribution in [0.4, 0.5) is 0 Å². The zero-order valence-electron chi connectivity index (χ0n) is 34.9. The van der Waals surface area contributed by atoms with Crippen LogP contribution >= 0.6 is 11.6 Å². The lowest BCUT2D eigenvalue weighted by Gasteiger charge is -2.64. The van der Waals surface area contributed by atoms with Crippen LogP contribution in [0.1, 0.15) is 90.4 Å². The molecule has 10 N–H and O–H groups in total. The van der Waals surface area contributed by atoms with E-state index in [0.29, 0.717) is 48.2 Å². The number of hydrogen-bond donors (Lipinski definition) is 8. The Bertz CT molecular complexity index is 1820. The molecule has 4 aliphatic rings. The maximum atomic E-state index is 13.7. The van der Waals surface area contributed by atoms with Crippen molar-refractivity contribution in [2.45, 2.75) is 128 Å². The number of rotatable bonds is 19. The third-order valence-corrected chi connectivity index (χ3v) is 12.8. The normalized spacial score (nSPS) is 24.5. The number of amides is 5. The summed E-state index contributed by atoms with van der Waals surface area (Å²) in [6.07, 6.45) is 2.09. The van der Waals surface area contributed by atoms with E-state index < -0.39 is 78.5 Å². The van der Waals surface area contributed by atoms with E-state index in [4.69, 9.17) is 32.4 Å². The lowest BCUT2D eigenvalue weighted by Crippen LogP contribution is -2.65. The molecule has 4 fully saturated rings. The van der Waals surface area contributed by atoms with Gasteiger partial charge in [0.25, 0.3) is 5.91 Å². The SMILES string of the molecule is CC(NC(=O)C(CCCCN)NC(=O)C(C)NC(=O)C(NC(=O)C(CCN)NC(=O)c1ccc(-c2ccc(Cl)cc2)cc1)C(C)O)B1OC2CC3CC(C3(C)C)C2(C)O1. The highest BCUT2D eigenvalue weighted by Crippen LogP contribution is 2.65. The summed E-state index contributed by atoms with van der Waals surface area (Å²) < 4.78 is 12.9. The third kappa shape index (κ3) is 10.6. The molecule has 2 aromatic carbocycles. The first-order valence-corrected chi connectivity index (χ1v) is 21.1. The Labute approximate surface area is 352 Å². The van der Waals surface area contributed by atoms with Crippen LogP contribution in [0.15, 0.2) is 48.5 Å². The van der Waals surface area contributed by atoms with Crippen LogP contribution in [-0.2, 0) is 28.5 Å². The van der Waals surface area contributed by atoms with Gasteiger partial charge in [-0.1, -0.05) is 49.7 Å². The van der Waals surface area contributed by atoms with Crippen LogP contribution in [0.5, 0.6) is 0 Å². The molecular formula is C42H61BClN7O8. The molecule has 10 atom stereocenters. The summed E-state index contributed by atoms with van der Waals surface area (Å²) in [4.78, 5) is 67.2. The average Bonchev–Trinajstić information content (AvgIpc) is 3.57. The largest absolute Gasteiger partial charge is 0.481 e. The molecule has 1 heterocycles. The molecular weight excluding hydrogens is 777 g/mol. The second kappa shape index (κ2) is 19.6. The van der Waals surface area contributed by atoms with E-state index in [1.165, 1.54) is 13.8 Å². The smallest absolute Gasteiger partial charge is 0.404 e. The van der Waals surface area contributed by atoms with Crippen LogP contribution in [0.3, 0.4) is 0 Å². The van der Waals surface area contributed by atoms with Gasteiger partial charge in [0.15, 0.2) is 0 Å². The fraction of sp³-hybridized carbons (Fsp3) is 0.595. The molecule has 0 aromatic heterocycles. The predicted molar refractivity (Wildman–Crippen MR) is 226 cm³/mol. The molecule has 2 aromatic rings. The number of nitrogens with one attached hydrogen (secondary N) is 5. The van der Waals surface area contributed by atoms with Crippen molar-refractivity contribution >= 4 is 48.3 Å². The first-order valence-electron chi connectivity index (χ1n) is 20.7. The molecule has 3 aliphatic carbocycles. The van der Waals surface area contributed by atoms with Crippen molar-refractivity contribution in [1.82, 2.24) is 26.6 Å². The van der Waals surface area contributed by atoms with E-state index in [0.717, 1.165) is 24.0 Å². The number of halogens is 1. The van der Waals surface area contributed by atoms with Crippen molar-refractivity contribution in [3.63, 3.8) is 0 Å². The molecule has 1 saturated heterocycles. The molecule has 3 saturated carbocycles. The molecule has 10 unspecified atom stereocenters. The van der Waals surface area contributed by atoms with Crippen LogP contribution in [0.25, 0.3) is 11.1 Å². The highest BCUT2D eigenvalue weighted by molar-refractivity contribution is 6.47. The average molecular weight is 838 g/mol. The van der Waals surface area contributed by atoms with Gasteiger partial charge in [-0.3, -0.25) is 24.0 Å². The standard InChI is InChI=1S/C42H61BClN7O8/c1-23(36(53)49-31(9-7-8-19-45)38(55)48-25(3)43-58-34-22-29-21-33(41(29,4)5)42(34,6)59-43)47-40(57)35(24(2)52)51-39(56)32(18-20-46)50-37(54)28-12-10-26(11-13-28)27-14-16-30(44)17-15-27/h10-17,23-25,29,31-35,52H,7-9,18-22,45-46H2,1-6H3,(H,47,57)(H,48,55)(H,49,53)(H,50,54)(H,51,56). The Morgan fingerprint density at radius 3 is 1.98 bits per heavy atom. The maximum absolute atomic E-state index is 13.7.